The van der Waals surface area contributed by atoms with Gasteiger partial charge in [0, 0.05) is 25.3 Å². The van der Waals surface area contributed by atoms with E-state index < -0.39 is 4.92 Å². The van der Waals surface area contributed by atoms with Crippen LogP contribution in [0.5, 0.6) is 0 Å². The summed E-state index contributed by atoms with van der Waals surface area (Å²) in [4.78, 5) is 10.0. The van der Waals surface area contributed by atoms with Crippen molar-refractivity contribution in [3.05, 3.63) is 33.3 Å². The molecule has 1 aromatic rings. The minimum atomic E-state index is -0.478. The highest BCUT2D eigenvalue weighted by atomic mass is 35.5. The molecule has 0 aliphatic carbocycles. The molecule has 0 aliphatic heterocycles. The average molecular weight is 245 g/mol. The Morgan fingerprint density at radius 3 is 2.81 bits per heavy atom. The van der Waals surface area contributed by atoms with E-state index in [-0.39, 0.29) is 11.7 Å². The van der Waals surface area contributed by atoms with Crippen molar-refractivity contribution in [2.75, 3.05) is 19.0 Å². The van der Waals surface area contributed by atoms with Gasteiger partial charge in [0.25, 0.3) is 5.69 Å². The van der Waals surface area contributed by atoms with Crippen LogP contribution < -0.4 is 5.32 Å². The fraction of sp³-hybridized carbons (Fsp3) is 0.400. The van der Waals surface area contributed by atoms with Crippen molar-refractivity contribution >= 4 is 23.0 Å². The van der Waals surface area contributed by atoms with Crippen LogP contribution in [0.15, 0.2) is 18.2 Å². The van der Waals surface area contributed by atoms with Gasteiger partial charge >= 0.3 is 0 Å². The number of non-ortho nitro benzene ring substituents is 1. The van der Waals surface area contributed by atoms with Gasteiger partial charge in [0.2, 0.25) is 0 Å². The molecule has 0 spiro atoms. The van der Waals surface area contributed by atoms with Gasteiger partial charge in [-0.3, -0.25) is 10.1 Å². The first kappa shape index (κ1) is 12.7. The molecule has 0 bridgehead atoms. The third-order valence-electron chi connectivity index (χ3n) is 1.98. The van der Waals surface area contributed by atoms with E-state index in [1.165, 1.54) is 12.1 Å². The molecule has 0 radical (unpaired) electrons. The van der Waals surface area contributed by atoms with E-state index in [1.54, 1.807) is 13.2 Å². The monoisotopic (exact) mass is 244 g/mol. The van der Waals surface area contributed by atoms with E-state index >= 15 is 0 Å². The molecule has 1 unspecified atom stereocenters. The van der Waals surface area contributed by atoms with Crippen molar-refractivity contribution in [3.63, 3.8) is 0 Å². The summed E-state index contributed by atoms with van der Waals surface area (Å²) < 4.78 is 4.96. The maximum Gasteiger partial charge on any atom is 0.271 e. The first-order valence-corrected chi connectivity index (χ1v) is 5.11. The second kappa shape index (κ2) is 5.67. The van der Waals surface area contributed by atoms with Gasteiger partial charge in [0.15, 0.2) is 0 Å². The Labute approximate surface area is 98.5 Å². The molecule has 6 heteroatoms. The summed E-state index contributed by atoms with van der Waals surface area (Å²) in [5.41, 5.74) is 0.645. The predicted molar refractivity (Wildman–Crippen MR) is 63.1 cm³/mol. The number of halogens is 1. The molecule has 16 heavy (non-hydrogen) atoms. The summed E-state index contributed by atoms with van der Waals surface area (Å²) in [7, 11) is 1.61. The SMILES string of the molecule is COCC(C)Nc1ccc([N+](=O)[O-])cc1Cl. The molecule has 88 valence electrons. The van der Waals surface area contributed by atoms with Crippen LogP contribution in [0.3, 0.4) is 0 Å². The zero-order valence-corrected chi connectivity index (χ0v) is 9.82. The molecule has 0 amide bonds. The van der Waals surface area contributed by atoms with E-state index in [1.807, 2.05) is 6.92 Å². The van der Waals surface area contributed by atoms with Crippen LogP contribution in [0.4, 0.5) is 11.4 Å². The second-order valence-corrected chi connectivity index (χ2v) is 3.83. The Kier molecular flexibility index (Phi) is 4.52. The quantitative estimate of drug-likeness (QED) is 0.639. The van der Waals surface area contributed by atoms with E-state index in [2.05, 4.69) is 5.32 Å². The first-order valence-electron chi connectivity index (χ1n) is 4.74. The van der Waals surface area contributed by atoms with Crippen LogP contribution in [0.2, 0.25) is 5.02 Å². The lowest BCUT2D eigenvalue weighted by atomic mass is 10.2. The highest BCUT2D eigenvalue weighted by molar-refractivity contribution is 6.33. The lowest BCUT2D eigenvalue weighted by molar-refractivity contribution is -0.384. The number of nitro groups is 1. The van der Waals surface area contributed by atoms with Crippen molar-refractivity contribution in [2.24, 2.45) is 0 Å². The lowest BCUT2D eigenvalue weighted by Crippen LogP contribution is -2.20. The van der Waals surface area contributed by atoms with Crippen molar-refractivity contribution in [3.8, 4) is 0 Å². The van der Waals surface area contributed by atoms with Gasteiger partial charge in [-0.05, 0) is 13.0 Å². The van der Waals surface area contributed by atoms with Crippen LogP contribution in [0.25, 0.3) is 0 Å². The fourth-order valence-electron chi connectivity index (χ4n) is 1.29. The van der Waals surface area contributed by atoms with E-state index in [0.29, 0.717) is 17.3 Å². The normalized spacial score (nSPS) is 12.2. The van der Waals surface area contributed by atoms with Crippen LogP contribution in [0.1, 0.15) is 6.92 Å². The van der Waals surface area contributed by atoms with Crippen molar-refractivity contribution in [1.29, 1.82) is 0 Å². The van der Waals surface area contributed by atoms with Crippen LogP contribution in [-0.2, 0) is 4.74 Å². The minimum Gasteiger partial charge on any atom is -0.383 e. The molecule has 0 fully saturated rings. The molecule has 0 heterocycles. The summed E-state index contributed by atoms with van der Waals surface area (Å²) in [6.45, 7) is 2.47. The smallest absolute Gasteiger partial charge is 0.271 e. The number of nitrogens with one attached hydrogen (secondary N) is 1. The van der Waals surface area contributed by atoms with Crippen molar-refractivity contribution < 1.29 is 9.66 Å². The topological polar surface area (TPSA) is 64.4 Å². The summed E-state index contributed by atoms with van der Waals surface area (Å²) in [6, 6.07) is 4.41. The zero-order valence-electron chi connectivity index (χ0n) is 9.07. The Morgan fingerprint density at radius 2 is 2.31 bits per heavy atom. The number of hydrogen-bond donors (Lipinski definition) is 1. The fourth-order valence-corrected chi connectivity index (χ4v) is 1.52. The van der Waals surface area contributed by atoms with Gasteiger partial charge in [-0.15, -0.1) is 0 Å². The summed E-state index contributed by atoms with van der Waals surface area (Å²) in [6.07, 6.45) is 0. The number of benzene rings is 1. The molecule has 0 aliphatic rings. The zero-order chi connectivity index (χ0) is 12.1. The summed E-state index contributed by atoms with van der Waals surface area (Å²) in [5, 5.41) is 13.9. The average Bonchev–Trinajstić information content (AvgIpc) is 2.21. The van der Waals surface area contributed by atoms with Crippen LogP contribution in [-0.4, -0.2) is 24.7 Å². The number of nitrogens with zero attached hydrogens (tertiary/aromatic N) is 1. The molecule has 1 rings (SSSR count). The number of rotatable bonds is 5. The second-order valence-electron chi connectivity index (χ2n) is 3.42. The number of ether oxygens (including phenoxy) is 1. The Morgan fingerprint density at radius 1 is 1.62 bits per heavy atom. The molecule has 5 nitrogen and oxygen atoms in total. The third-order valence-corrected chi connectivity index (χ3v) is 2.29. The number of nitro benzene ring substituents is 1. The third kappa shape index (κ3) is 3.36. The standard InChI is InChI=1S/C10H13ClN2O3/c1-7(6-16-2)12-10-4-3-8(13(14)15)5-9(10)11/h3-5,7,12H,6H2,1-2H3. The van der Waals surface area contributed by atoms with Gasteiger partial charge in [0.05, 0.1) is 22.2 Å². The lowest BCUT2D eigenvalue weighted by Gasteiger charge is -2.14. The molecular weight excluding hydrogens is 232 g/mol. The van der Waals surface area contributed by atoms with Gasteiger partial charge in [-0.1, -0.05) is 11.6 Å². The van der Waals surface area contributed by atoms with Crippen LogP contribution in [0, 0.1) is 10.1 Å². The number of methoxy groups -OCH3 is 1. The Hall–Kier alpha value is -1.33. The molecule has 1 atom stereocenters. The summed E-state index contributed by atoms with van der Waals surface area (Å²) in [5.74, 6) is 0. The molecule has 1 N–H and O–H groups in total. The largest absolute Gasteiger partial charge is 0.383 e. The number of hydrogen-bond acceptors (Lipinski definition) is 4. The Balaban J connectivity index is 2.79. The molecular formula is C10H13ClN2O3. The maximum absolute atomic E-state index is 10.5. The highest BCUT2D eigenvalue weighted by Crippen LogP contribution is 2.26. The van der Waals surface area contributed by atoms with Crippen LogP contribution >= 0.6 is 11.6 Å². The van der Waals surface area contributed by atoms with Crippen molar-refractivity contribution in [2.45, 2.75) is 13.0 Å². The first-order chi connectivity index (χ1) is 7.54. The molecule has 0 saturated carbocycles. The molecule has 0 aromatic heterocycles. The van der Waals surface area contributed by atoms with Crippen molar-refractivity contribution in [1.82, 2.24) is 0 Å². The van der Waals surface area contributed by atoms with Gasteiger partial charge < -0.3 is 10.1 Å². The number of anilines is 1. The predicted octanol–water partition coefficient (Wildman–Crippen LogP) is 2.70. The molecule has 1 aromatic carbocycles. The molecule has 0 saturated heterocycles. The highest BCUT2D eigenvalue weighted by Gasteiger charge is 2.10. The minimum absolute atomic E-state index is 0.0186. The van der Waals surface area contributed by atoms with E-state index in [4.69, 9.17) is 16.3 Å². The summed E-state index contributed by atoms with van der Waals surface area (Å²) >= 11 is 5.91. The van der Waals surface area contributed by atoms with Gasteiger partial charge in [-0.2, -0.15) is 0 Å². The Bertz CT molecular complexity index is 384. The van der Waals surface area contributed by atoms with E-state index in [0.717, 1.165) is 0 Å². The maximum atomic E-state index is 10.5. The van der Waals surface area contributed by atoms with Gasteiger partial charge in [0.1, 0.15) is 0 Å². The van der Waals surface area contributed by atoms with E-state index in [9.17, 15) is 10.1 Å². The van der Waals surface area contributed by atoms with Gasteiger partial charge in [-0.25, -0.2) is 0 Å².